The Morgan fingerprint density at radius 3 is 2.75 bits per heavy atom. The van der Waals surface area contributed by atoms with Crippen molar-refractivity contribution in [2.75, 3.05) is 17.2 Å². The Morgan fingerprint density at radius 2 is 2.12 bits per heavy atom. The van der Waals surface area contributed by atoms with Gasteiger partial charge in [0.1, 0.15) is 0 Å². The van der Waals surface area contributed by atoms with Crippen molar-refractivity contribution in [1.29, 1.82) is 0 Å². The third kappa shape index (κ3) is 3.03. The van der Waals surface area contributed by atoms with Gasteiger partial charge in [-0.25, -0.2) is 0 Å². The van der Waals surface area contributed by atoms with Gasteiger partial charge in [0.15, 0.2) is 0 Å². The predicted molar refractivity (Wildman–Crippen MR) is 67.4 cm³/mol. The highest BCUT2D eigenvalue weighted by Gasteiger charge is 2.05. The summed E-state index contributed by atoms with van der Waals surface area (Å²) in [6.45, 7) is 4.25. The zero-order valence-electron chi connectivity index (χ0n) is 9.63. The topological polar surface area (TPSA) is 41.1 Å². The van der Waals surface area contributed by atoms with Crippen molar-refractivity contribution in [3.05, 3.63) is 23.8 Å². The van der Waals surface area contributed by atoms with Crippen LogP contribution in [0.3, 0.4) is 0 Å². The van der Waals surface area contributed by atoms with Crippen LogP contribution in [0.2, 0.25) is 0 Å². The van der Waals surface area contributed by atoms with E-state index in [-0.39, 0.29) is 5.91 Å². The Balaban J connectivity index is 2.86. The van der Waals surface area contributed by atoms with Crippen molar-refractivity contribution < 1.29 is 4.79 Å². The molecule has 0 atom stereocenters. The number of benzene rings is 1. The molecule has 0 saturated carbocycles. The first-order valence-corrected chi connectivity index (χ1v) is 5.25. The summed E-state index contributed by atoms with van der Waals surface area (Å²) in [6.07, 6.45) is 5.66. The fraction of sp³-hybridized carbons (Fsp3) is 0.308. The van der Waals surface area contributed by atoms with Gasteiger partial charge >= 0.3 is 0 Å². The van der Waals surface area contributed by atoms with Crippen molar-refractivity contribution in [2.24, 2.45) is 0 Å². The highest BCUT2D eigenvalue weighted by molar-refractivity contribution is 5.92. The molecule has 0 aliphatic rings. The van der Waals surface area contributed by atoms with Gasteiger partial charge in [-0.3, -0.25) is 4.79 Å². The Morgan fingerprint density at radius 1 is 1.44 bits per heavy atom. The van der Waals surface area contributed by atoms with Gasteiger partial charge in [0, 0.05) is 17.8 Å². The van der Waals surface area contributed by atoms with E-state index >= 15 is 0 Å². The number of anilines is 2. The van der Waals surface area contributed by atoms with E-state index in [9.17, 15) is 4.79 Å². The van der Waals surface area contributed by atoms with E-state index in [1.165, 1.54) is 0 Å². The highest BCUT2D eigenvalue weighted by atomic mass is 16.1. The summed E-state index contributed by atoms with van der Waals surface area (Å²) in [6, 6.07) is 5.70. The molecule has 1 aromatic carbocycles. The Kier molecular flexibility index (Phi) is 4.41. The third-order valence-corrected chi connectivity index (χ3v) is 2.31. The summed E-state index contributed by atoms with van der Waals surface area (Å²) in [5.41, 5.74) is 2.78. The first-order chi connectivity index (χ1) is 7.69. The van der Waals surface area contributed by atoms with Crippen molar-refractivity contribution in [3.63, 3.8) is 0 Å². The molecule has 1 rings (SSSR count). The molecule has 0 aromatic heterocycles. The van der Waals surface area contributed by atoms with E-state index in [4.69, 9.17) is 6.42 Å². The molecule has 1 aromatic rings. The first-order valence-electron chi connectivity index (χ1n) is 5.25. The Bertz CT molecular complexity index is 418. The third-order valence-electron chi connectivity index (χ3n) is 2.31. The van der Waals surface area contributed by atoms with Gasteiger partial charge in [0.2, 0.25) is 5.91 Å². The molecule has 0 bridgehead atoms. The van der Waals surface area contributed by atoms with E-state index in [0.717, 1.165) is 16.9 Å². The molecule has 0 aliphatic carbocycles. The Labute approximate surface area is 96.2 Å². The molecule has 0 radical (unpaired) electrons. The number of amides is 1. The minimum Gasteiger partial charge on any atom is -0.374 e. The molecule has 2 N–H and O–H groups in total. The molecular formula is C13H16N2O. The first kappa shape index (κ1) is 12.1. The lowest BCUT2D eigenvalue weighted by atomic mass is 10.1. The lowest BCUT2D eigenvalue weighted by Gasteiger charge is -2.12. The maximum Gasteiger partial charge on any atom is 0.224 e. The van der Waals surface area contributed by atoms with Crippen LogP contribution < -0.4 is 10.6 Å². The number of rotatable bonds is 4. The number of hydrogen-bond acceptors (Lipinski definition) is 2. The quantitative estimate of drug-likeness (QED) is 0.759. The van der Waals surface area contributed by atoms with Crippen LogP contribution in [0, 0.1) is 19.3 Å². The van der Waals surface area contributed by atoms with Crippen LogP contribution in [0.5, 0.6) is 0 Å². The molecule has 1 amide bonds. The molecule has 3 nitrogen and oxygen atoms in total. The second-order valence-electron chi connectivity index (χ2n) is 3.44. The van der Waals surface area contributed by atoms with Crippen LogP contribution in [0.15, 0.2) is 18.2 Å². The normalized spacial score (nSPS) is 9.31. The summed E-state index contributed by atoms with van der Waals surface area (Å²) >= 11 is 0. The highest BCUT2D eigenvalue weighted by Crippen LogP contribution is 2.23. The molecule has 84 valence electrons. The lowest BCUT2D eigenvalue weighted by Crippen LogP contribution is -2.11. The fourth-order valence-corrected chi connectivity index (χ4v) is 1.35. The molecule has 0 spiro atoms. The second kappa shape index (κ2) is 5.82. The largest absolute Gasteiger partial charge is 0.374 e. The zero-order chi connectivity index (χ0) is 12.0. The van der Waals surface area contributed by atoms with E-state index < -0.39 is 0 Å². The average Bonchev–Trinajstić information content (AvgIpc) is 2.30. The predicted octanol–water partition coefficient (Wildman–Crippen LogP) is 2.39. The van der Waals surface area contributed by atoms with Crippen LogP contribution in [0.1, 0.15) is 18.9 Å². The molecular weight excluding hydrogens is 200 g/mol. The second-order valence-corrected chi connectivity index (χ2v) is 3.44. The van der Waals surface area contributed by atoms with E-state index in [0.29, 0.717) is 13.0 Å². The average molecular weight is 216 g/mol. The number of nitrogens with one attached hydrogen (secondary N) is 2. The standard InChI is InChI=1S/C13H16N2O/c1-4-9-14-11-7-6-8-12(10(11)3)15-13(16)5-2/h1,6-8,14H,5,9H2,2-3H3,(H,15,16). The molecule has 0 unspecified atom stereocenters. The van der Waals surface area contributed by atoms with Gasteiger partial charge in [-0.2, -0.15) is 0 Å². The SMILES string of the molecule is C#CCNc1cccc(NC(=O)CC)c1C. The number of terminal acetylenes is 1. The summed E-state index contributed by atoms with van der Waals surface area (Å²) in [5, 5.41) is 5.95. The van der Waals surface area contributed by atoms with Crippen molar-refractivity contribution in [3.8, 4) is 12.3 Å². The summed E-state index contributed by atoms with van der Waals surface area (Å²) < 4.78 is 0. The summed E-state index contributed by atoms with van der Waals surface area (Å²) in [7, 11) is 0. The number of carbonyl (C=O) groups excluding carboxylic acids is 1. The van der Waals surface area contributed by atoms with Gasteiger partial charge < -0.3 is 10.6 Å². The smallest absolute Gasteiger partial charge is 0.224 e. The number of carbonyl (C=O) groups is 1. The molecule has 0 heterocycles. The van der Waals surface area contributed by atoms with Crippen LogP contribution in [-0.4, -0.2) is 12.5 Å². The van der Waals surface area contributed by atoms with Gasteiger partial charge in [0.25, 0.3) is 0 Å². The van der Waals surface area contributed by atoms with Crippen LogP contribution in [-0.2, 0) is 4.79 Å². The van der Waals surface area contributed by atoms with E-state index in [1.807, 2.05) is 32.0 Å². The van der Waals surface area contributed by atoms with Crippen molar-refractivity contribution in [2.45, 2.75) is 20.3 Å². The number of hydrogen-bond donors (Lipinski definition) is 2. The molecule has 3 heteroatoms. The van der Waals surface area contributed by atoms with Crippen LogP contribution in [0.25, 0.3) is 0 Å². The van der Waals surface area contributed by atoms with Crippen molar-refractivity contribution in [1.82, 2.24) is 0 Å². The minimum absolute atomic E-state index is 0.0113. The minimum atomic E-state index is 0.0113. The van der Waals surface area contributed by atoms with Crippen LogP contribution in [0.4, 0.5) is 11.4 Å². The summed E-state index contributed by atoms with van der Waals surface area (Å²) in [4.78, 5) is 11.3. The monoisotopic (exact) mass is 216 g/mol. The van der Waals surface area contributed by atoms with Crippen molar-refractivity contribution >= 4 is 17.3 Å². The Hall–Kier alpha value is -1.95. The molecule has 16 heavy (non-hydrogen) atoms. The van der Waals surface area contributed by atoms with E-state index in [1.54, 1.807) is 0 Å². The van der Waals surface area contributed by atoms with Gasteiger partial charge in [-0.1, -0.05) is 18.9 Å². The molecule has 0 fully saturated rings. The van der Waals surface area contributed by atoms with E-state index in [2.05, 4.69) is 16.6 Å². The molecule has 0 saturated heterocycles. The fourth-order valence-electron chi connectivity index (χ4n) is 1.35. The van der Waals surface area contributed by atoms with Gasteiger partial charge in [-0.15, -0.1) is 6.42 Å². The maximum absolute atomic E-state index is 11.3. The van der Waals surface area contributed by atoms with Crippen LogP contribution >= 0.6 is 0 Å². The maximum atomic E-state index is 11.3. The lowest BCUT2D eigenvalue weighted by molar-refractivity contribution is -0.115. The zero-order valence-corrected chi connectivity index (χ0v) is 9.63. The van der Waals surface area contributed by atoms with Gasteiger partial charge in [-0.05, 0) is 24.6 Å². The summed E-state index contributed by atoms with van der Waals surface area (Å²) in [5.74, 6) is 2.53. The van der Waals surface area contributed by atoms with Gasteiger partial charge in [0.05, 0.1) is 6.54 Å². The molecule has 0 aliphatic heterocycles.